The fourth-order valence-electron chi connectivity index (χ4n) is 5.43. The smallest absolute Gasteiger partial charge is 0.326 e. The number of amides is 1. The summed E-state index contributed by atoms with van der Waals surface area (Å²) in [5.74, 6) is -0.164. The van der Waals surface area contributed by atoms with Gasteiger partial charge < -0.3 is 20.3 Å². The molecule has 3 N–H and O–H groups in total. The predicted octanol–water partition coefficient (Wildman–Crippen LogP) is 2.98. The molecule has 1 aliphatic carbocycles. The summed E-state index contributed by atoms with van der Waals surface area (Å²) < 4.78 is 1.64. The second kappa shape index (κ2) is 9.99. The SMILES string of the molecule is O=C(c1[nH]c(=O)n([C@H]2CCCC[C@@H]2O)c1-c1ccccc1)N1CCNCC1Cc1ccccc1. The van der Waals surface area contributed by atoms with Crippen molar-refractivity contribution in [2.45, 2.75) is 50.3 Å². The van der Waals surface area contributed by atoms with Crippen LogP contribution in [0.15, 0.2) is 65.5 Å². The van der Waals surface area contributed by atoms with Crippen LogP contribution in [0.4, 0.5) is 0 Å². The minimum atomic E-state index is -0.599. The molecular formula is C27H32N4O3. The number of hydrogen-bond acceptors (Lipinski definition) is 4. The summed E-state index contributed by atoms with van der Waals surface area (Å²) >= 11 is 0. The zero-order valence-corrected chi connectivity index (χ0v) is 19.3. The van der Waals surface area contributed by atoms with Gasteiger partial charge in [0.05, 0.1) is 17.8 Å². The molecule has 3 aromatic rings. The van der Waals surface area contributed by atoms with Crippen LogP contribution in [0, 0.1) is 0 Å². The van der Waals surface area contributed by atoms with E-state index < -0.39 is 6.10 Å². The van der Waals surface area contributed by atoms with E-state index in [0.29, 0.717) is 37.4 Å². The number of benzene rings is 2. The quantitative estimate of drug-likeness (QED) is 0.546. The molecule has 2 aromatic carbocycles. The molecule has 1 saturated carbocycles. The second-order valence-electron chi connectivity index (χ2n) is 9.36. The number of hydrogen-bond donors (Lipinski definition) is 3. The zero-order chi connectivity index (χ0) is 23.5. The van der Waals surface area contributed by atoms with Gasteiger partial charge >= 0.3 is 5.69 Å². The van der Waals surface area contributed by atoms with E-state index in [1.54, 1.807) is 4.57 Å². The molecule has 7 nitrogen and oxygen atoms in total. The monoisotopic (exact) mass is 460 g/mol. The molecule has 2 aliphatic rings. The number of aromatic nitrogens is 2. The molecule has 1 saturated heterocycles. The molecule has 3 atom stereocenters. The van der Waals surface area contributed by atoms with Crippen LogP contribution in [-0.4, -0.2) is 57.2 Å². The first kappa shape index (κ1) is 22.6. The Kier molecular flexibility index (Phi) is 6.65. The van der Waals surface area contributed by atoms with Crippen molar-refractivity contribution in [1.29, 1.82) is 0 Å². The predicted molar refractivity (Wildman–Crippen MR) is 132 cm³/mol. The third kappa shape index (κ3) is 4.45. The van der Waals surface area contributed by atoms with Gasteiger partial charge in [-0.05, 0) is 24.8 Å². The van der Waals surface area contributed by atoms with E-state index >= 15 is 0 Å². The number of piperazine rings is 1. The summed E-state index contributed by atoms with van der Waals surface area (Å²) in [6.07, 6.45) is 3.43. The average Bonchev–Trinajstić information content (AvgIpc) is 3.22. The molecule has 178 valence electrons. The maximum atomic E-state index is 14.0. The van der Waals surface area contributed by atoms with Crippen LogP contribution in [0.5, 0.6) is 0 Å². The van der Waals surface area contributed by atoms with Gasteiger partial charge in [0.25, 0.3) is 5.91 Å². The second-order valence-corrected chi connectivity index (χ2v) is 9.36. The highest BCUT2D eigenvalue weighted by Crippen LogP contribution is 2.33. The van der Waals surface area contributed by atoms with E-state index in [0.717, 1.165) is 31.2 Å². The lowest BCUT2D eigenvalue weighted by Crippen LogP contribution is -2.54. The highest BCUT2D eigenvalue weighted by molar-refractivity contribution is 5.98. The van der Waals surface area contributed by atoms with Crippen molar-refractivity contribution in [2.24, 2.45) is 0 Å². The van der Waals surface area contributed by atoms with E-state index in [1.807, 2.05) is 53.4 Å². The molecule has 1 aromatic heterocycles. The summed E-state index contributed by atoms with van der Waals surface area (Å²) in [5, 5.41) is 14.2. The average molecular weight is 461 g/mol. The van der Waals surface area contributed by atoms with Gasteiger partial charge in [-0.15, -0.1) is 0 Å². The van der Waals surface area contributed by atoms with E-state index in [1.165, 1.54) is 5.56 Å². The van der Waals surface area contributed by atoms with Gasteiger partial charge in [-0.2, -0.15) is 0 Å². The first-order valence-electron chi connectivity index (χ1n) is 12.3. The lowest BCUT2D eigenvalue weighted by molar-refractivity contribution is 0.0629. The molecule has 1 unspecified atom stereocenters. The first-order valence-corrected chi connectivity index (χ1v) is 12.3. The number of rotatable bonds is 5. The zero-order valence-electron chi connectivity index (χ0n) is 19.3. The molecule has 2 fully saturated rings. The van der Waals surface area contributed by atoms with E-state index in [-0.39, 0.29) is 23.7 Å². The molecular weight excluding hydrogens is 428 g/mol. The van der Waals surface area contributed by atoms with E-state index in [4.69, 9.17) is 0 Å². The van der Waals surface area contributed by atoms with Crippen molar-refractivity contribution >= 4 is 5.91 Å². The third-order valence-corrected chi connectivity index (χ3v) is 7.14. The Morgan fingerprint density at radius 1 is 1.00 bits per heavy atom. The van der Waals surface area contributed by atoms with Crippen molar-refractivity contribution in [3.63, 3.8) is 0 Å². The Morgan fingerprint density at radius 3 is 2.44 bits per heavy atom. The standard InChI is InChI=1S/C27H32N4O3/c32-23-14-8-7-13-22(23)31-25(20-11-5-2-6-12-20)24(29-27(31)34)26(33)30-16-15-28-18-21(30)17-19-9-3-1-4-10-19/h1-6,9-12,21-23,28,32H,7-8,13-18H2,(H,29,34)/t21?,22-,23-/m0/s1. The Labute approximate surface area is 199 Å². The summed E-state index contributed by atoms with van der Waals surface area (Å²) in [7, 11) is 0. The van der Waals surface area contributed by atoms with Crippen LogP contribution >= 0.6 is 0 Å². The Balaban J connectivity index is 1.55. The lowest BCUT2D eigenvalue weighted by Gasteiger charge is -2.36. The highest BCUT2D eigenvalue weighted by Gasteiger charge is 2.35. The van der Waals surface area contributed by atoms with E-state index in [9.17, 15) is 14.7 Å². The molecule has 0 spiro atoms. The topological polar surface area (TPSA) is 90.4 Å². The maximum Gasteiger partial charge on any atom is 0.326 e. The Bertz CT molecular complexity index is 1170. The highest BCUT2D eigenvalue weighted by atomic mass is 16.3. The summed E-state index contributed by atoms with van der Waals surface area (Å²) in [5.41, 5.74) is 2.54. The Morgan fingerprint density at radius 2 is 1.71 bits per heavy atom. The van der Waals surface area contributed by atoms with Gasteiger partial charge in [0.15, 0.2) is 0 Å². The van der Waals surface area contributed by atoms with Gasteiger partial charge in [-0.3, -0.25) is 9.36 Å². The number of aromatic amines is 1. The molecule has 5 rings (SSSR count). The van der Waals surface area contributed by atoms with E-state index in [2.05, 4.69) is 22.4 Å². The number of nitrogens with zero attached hydrogens (tertiary/aromatic N) is 2. The molecule has 1 amide bonds. The molecule has 0 bridgehead atoms. The van der Waals surface area contributed by atoms with Crippen LogP contribution < -0.4 is 11.0 Å². The number of imidazole rings is 1. The fourth-order valence-corrected chi connectivity index (χ4v) is 5.43. The van der Waals surface area contributed by atoms with Gasteiger partial charge in [0, 0.05) is 31.2 Å². The number of carbonyl (C=O) groups is 1. The summed E-state index contributed by atoms with van der Waals surface area (Å²) in [4.78, 5) is 32.0. The maximum absolute atomic E-state index is 14.0. The van der Waals surface area contributed by atoms with Crippen LogP contribution in [0.2, 0.25) is 0 Å². The van der Waals surface area contributed by atoms with Crippen molar-refractivity contribution in [3.8, 4) is 11.3 Å². The molecule has 7 heteroatoms. The molecule has 1 aliphatic heterocycles. The lowest BCUT2D eigenvalue weighted by atomic mass is 9.92. The molecule has 2 heterocycles. The van der Waals surface area contributed by atoms with Crippen molar-refractivity contribution < 1.29 is 9.90 Å². The fraction of sp³-hybridized carbons (Fsp3) is 0.407. The number of nitrogens with one attached hydrogen (secondary N) is 2. The first-order chi connectivity index (χ1) is 16.6. The van der Waals surface area contributed by atoms with Crippen molar-refractivity contribution in [1.82, 2.24) is 19.8 Å². The van der Waals surface area contributed by atoms with Gasteiger partial charge in [-0.1, -0.05) is 73.5 Å². The van der Waals surface area contributed by atoms with Crippen LogP contribution in [-0.2, 0) is 6.42 Å². The summed E-state index contributed by atoms with van der Waals surface area (Å²) in [6.45, 7) is 1.99. The Hall–Kier alpha value is -3.16. The minimum Gasteiger partial charge on any atom is -0.391 e. The normalized spacial score (nSPS) is 23.1. The van der Waals surface area contributed by atoms with Crippen molar-refractivity contribution in [2.75, 3.05) is 19.6 Å². The van der Waals surface area contributed by atoms with Gasteiger partial charge in [0.1, 0.15) is 5.69 Å². The largest absolute Gasteiger partial charge is 0.391 e. The number of carbonyl (C=O) groups excluding carboxylic acids is 1. The molecule has 0 radical (unpaired) electrons. The van der Waals surface area contributed by atoms with Crippen LogP contribution in [0.1, 0.15) is 47.8 Å². The summed E-state index contributed by atoms with van der Waals surface area (Å²) in [6, 6.07) is 19.4. The van der Waals surface area contributed by atoms with Crippen molar-refractivity contribution in [3.05, 3.63) is 82.4 Å². The number of aliphatic hydroxyl groups excluding tert-OH is 1. The van der Waals surface area contributed by atoms with Gasteiger partial charge in [-0.25, -0.2) is 4.79 Å². The van der Waals surface area contributed by atoms with Crippen LogP contribution in [0.25, 0.3) is 11.3 Å². The minimum absolute atomic E-state index is 0.0144. The van der Waals surface area contributed by atoms with Gasteiger partial charge in [0.2, 0.25) is 0 Å². The number of H-pyrrole nitrogens is 1. The number of aliphatic hydroxyl groups is 1. The third-order valence-electron chi connectivity index (χ3n) is 7.14. The van der Waals surface area contributed by atoms with Crippen LogP contribution in [0.3, 0.4) is 0 Å². The molecule has 34 heavy (non-hydrogen) atoms.